The summed E-state index contributed by atoms with van der Waals surface area (Å²) in [7, 11) is 0. The Morgan fingerprint density at radius 2 is 1.12 bits per heavy atom. The number of hydrogen-bond donors (Lipinski definition) is 0. The molecule has 0 bridgehead atoms. The Balaban J connectivity index is 1.08. The molecule has 1 aliphatic rings. The molecule has 0 fully saturated rings. The molecule has 56 heavy (non-hydrogen) atoms. The van der Waals surface area contributed by atoms with Gasteiger partial charge in [0.25, 0.3) is 0 Å². The lowest BCUT2D eigenvalue weighted by Crippen LogP contribution is -2.01. The highest BCUT2D eigenvalue weighted by atomic mass is 15.0. The van der Waals surface area contributed by atoms with E-state index in [1.165, 1.54) is 87.4 Å². The van der Waals surface area contributed by atoms with Crippen molar-refractivity contribution < 1.29 is 0 Å². The number of benzene rings is 8. The minimum atomic E-state index is 0.190. The molecule has 0 radical (unpaired) electrons. The van der Waals surface area contributed by atoms with Gasteiger partial charge in [-0.1, -0.05) is 134 Å². The average Bonchev–Trinajstić information content (AvgIpc) is 3.97. The fourth-order valence-electron chi connectivity index (χ4n) is 10.0. The Hall–Kier alpha value is -7.30. The third-order valence-corrected chi connectivity index (χ3v) is 12.5. The van der Waals surface area contributed by atoms with Crippen molar-refractivity contribution >= 4 is 70.7 Å². The van der Waals surface area contributed by atoms with Gasteiger partial charge < -0.3 is 8.97 Å². The highest BCUT2D eigenvalue weighted by Crippen LogP contribution is 2.49. The SMILES string of the molecule is CC1c2ccccc2-c2nc(-c3ccccc3)nc(-c3ccc(-n4c5ccccc5c5c6c7ccccc7n7c8cc9ccccc9cc8c(cc54)c67)cc3)c21. The first-order valence-electron chi connectivity index (χ1n) is 19.4. The molecule has 0 saturated heterocycles. The zero-order valence-corrected chi connectivity index (χ0v) is 30.5. The maximum absolute atomic E-state index is 5.32. The molecule has 4 heterocycles. The molecule has 1 unspecified atom stereocenters. The molecule has 0 amide bonds. The molecule has 0 aliphatic heterocycles. The van der Waals surface area contributed by atoms with E-state index in [1.54, 1.807) is 0 Å². The summed E-state index contributed by atoms with van der Waals surface area (Å²) in [6, 6.07) is 61.9. The summed E-state index contributed by atoms with van der Waals surface area (Å²) in [6.07, 6.45) is 0. The molecule has 260 valence electrons. The van der Waals surface area contributed by atoms with Gasteiger partial charge in [-0.25, -0.2) is 9.97 Å². The van der Waals surface area contributed by atoms with Crippen LogP contribution in [0.2, 0.25) is 0 Å². The summed E-state index contributed by atoms with van der Waals surface area (Å²) in [4.78, 5) is 10.5. The lowest BCUT2D eigenvalue weighted by Gasteiger charge is -2.15. The third kappa shape index (κ3) is 3.87. The van der Waals surface area contributed by atoms with Crippen LogP contribution in [-0.4, -0.2) is 18.9 Å². The molecule has 12 aromatic rings. The van der Waals surface area contributed by atoms with Crippen molar-refractivity contribution in [3.05, 3.63) is 181 Å². The van der Waals surface area contributed by atoms with Crippen molar-refractivity contribution in [2.75, 3.05) is 0 Å². The highest BCUT2D eigenvalue weighted by Gasteiger charge is 2.32. The lowest BCUT2D eigenvalue weighted by atomic mass is 9.95. The van der Waals surface area contributed by atoms with Gasteiger partial charge >= 0.3 is 0 Å². The maximum atomic E-state index is 5.32. The molecular weight excluding hydrogens is 681 g/mol. The van der Waals surface area contributed by atoms with Gasteiger partial charge in [0.05, 0.1) is 39.0 Å². The number of rotatable bonds is 3. The van der Waals surface area contributed by atoms with Gasteiger partial charge in [-0.05, 0) is 58.8 Å². The van der Waals surface area contributed by atoms with Crippen LogP contribution in [-0.2, 0) is 0 Å². The van der Waals surface area contributed by atoms with Crippen LogP contribution in [0, 0.1) is 0 Å². The van der Waals surface area contributed by atoms with Gasteiger partial charge in [0.2, 0.25) is 0 Å². The number of hydrogen-bond acceptors (Lipinski definition) is 2. The van der Waals surface area contributed by atoms with Crippen molar-refractivity contribution in [1.82, 2.24) is 18.9 Å². The van der Waals surface area contributed by atoms with Crippen molar-refractivity contribution in [2.45, 2.75) is 12.8 Å². The number of fused-ring (bicyclic) bond motifs is 14. The standard InChI is InChI=1S/C52H32N4/c1-30-36-17-7-8-18-37(36)50-46(30)49(53-52(54-50)32-13-3-2-4-14-32)31-23-25-35(26-24-31)55-42-21-11-9-19-38(42)47-45(55)29-41-40-27-33-15-5-6-16-34(33)28-44(40)56-43-22-12-10-20-39(43)48(47)51(41)56/h2-30H,1H3. The van der Waals surface area contributed by atoms with E-state index in [9.17, 15) is 0 Å². The number of para-hydroxylation sites is 2. The minimum absolute atomic E-state index is 0.190. The average molecular weight is 713 g/mol. The second-order valence-electron chi connectivity index (χ2n) is 15.3. The topological polar surface area (TPSA) is 35.1 Å². The van der Waals surface area contributed by atoms with Crippen LogP contribution >= 0.6 is 0 Å². The Labute approximate surface area is 321 Å². The Bertz CT molecular complexity index is 3590. The molecule has 1 aliphatic carbocycles. The summed E-state index contributed by atoms with van der Waals surface area (Å²) >= 11 is 0. The Kier molecular flexibility index (Phi) is 5.85. The second-order valence-corrected chi connectivity index (χ2v) is 15.3. The molecule has 13 rings (SSSR count). The molecule has 1 atom stereocenters. The van der Waals surface area contributed by atoms with Crippen molar-refractivity contribution in [2.24, 2.45) is 0 Å². The molecule has 0 saturated carbocycles. The third-order valence-electron chi connectivity index (χ3n) is 12.5. The summed E-state index contributed by atoms with van der Waals surface area (Å²) < 4.78 is 4.97. The summed E-state index contributed by atoms with van der Waals surface area (Å²) in [5, 5.41) is 10.2. The predicted octanol–water partition coefficient (Wildman–Crippen LogP) is 13.3. The summed E-state index contributed by atoms with van der Waals surface area (Å²) in [5.41, 5.74) is 15.2. The van der Waals surface area contributed by atoms with E-state index in [4.69, 9.17) is 9.97 Å². The van der Waals surface area contributed by atoms with Crippen molar-refractivity contribution in [3.8, 4) is 39.6 Å². The van der Waals surface area contributed by atoms with E-state index in [0.29, 0.717) is 0 Å². The quantitative estimate of drug-likeness (QED) is 0.183. The molecular formula is C52H32N4. The predicted molar refractivity (Wildman–Crippen MR) is 232 cm³/mol. The molecule has 8 aromatic carbocycles. The van der Waals surface area contributed by atoms with Crippen LogP contribution in [0.1, 0.15) is 24.0 Å². The van der Waals surface area contributed by atoms with Crippen LogP contribution in [0.15, 0.2) is 170 Å². The summed E-state index contributed by atoms with van der Waals surface area (Å²) in [5.74, 6) is 0.944. The van der Waals surface area contributed by atoms with Gasteiger partial charge in [0, 0.05) is 66.2 Å². The van der Waals surface area contributed by atoms with E-state index in [0.717, 1.165) is 34.0 Å². The number of nitrogens with zero attached hydrogens (tertiary/aromatic N) is 4. The first-order chi connectivity index (χ1) is 27.7. The first-order valence-corrected chi connectivity index (χ1v) is 19.4. The Morgan fingerprint density at radius 1 is 0.464 bits per heavy atom. The molecule has 0 N–H and O–H groups in total. The van der Waals surface area contributed by atoms with Gasteiger partial charge in [-0.15, -0.1) is 0 Å². The van der Waals surface area contributed by atoms with Gasteiger partial charge in [0.1, 0.15) is 0 Å². The van der Waals surface area contributed by atoms with Crippen LogP contribution in [0.4, 0.5) is 0 Å². The van der Waals surface area contributed by atoms with Gasteiger partial charge in [-0.3, -0.25) is 0 Å². The summed E-state index contributed by atoms with van der Waals surface area (Å²) in [6.45, 7) is 2.29. The fraction of sp³-hybridized carbons (Fsp3) is 0.0385. The van der Waals surface area contributed by atoms with Crippen LogP contribution in [0.5, 0.6) is 0 Å². The zero-order chi connectivity index (χ0) is 36.6. The second kappa shape index (κ2) is 10.9. The van der Waals surface area contributed by atoms with Crippen molar-refractivity contribution in [1.29, 1.82) is 0 Å². The van der Waals surface area contributed by atoms with E-state index < -0.39 is 0 Å². The van der Waals surface area contributed by atoms with Crippen LogP contribution in [0.25, 0.3) is 110 Å². The van der Waals surface area contributed by atoms with E-state index >= 15 is 0 Å². The van der Waals surface area contributed by atoms with E-state index in [2.05, 4.69) is 180 Å². The Morgan fingerprint density at radius 3 is 1.95 bits per heavy atom. The monoisotopic (exact) mass is 712 g/mol. The normalized spacial score (nSPS) is 14.0. The largest absolute Gasteiger partial charge is 0.309 e. The minimum Gasteiger partial charge on any atom is -0.309 e. The zero-order valence-electron chi connectivity index (χ0n) is 30.5. The smallest absolute Gasteiger partial charge is 0.160 e. The van der Waals surface area contributed by atoms with Crippen molar-refractivity contribution in [3.63, 3.8) is 0 Å². The molecule has 4 aromatic heterocycles. The maximum Gasteiger partial charge on any atom is 0.160 e. The molecule has 4 heteroatoms. The fourth-order valence-corrected chi connectivity index (χ4v) is 10.0. The lowest BCUT2D eigenvalue weighted by molar-refractivity contribution is 0.941. The molecule has 0 spiro atoms. The van der Waals surface area contributed by atoms with Gasteiger partial charge in [-0.2, -0.15) is 0 Å². The highest BCUT2D eigenvalue weighted by molar-refractivity contribution is 6.36. The first kappa shape index (κ1) is 30.1. The van der Waals surface area contributed by atoms with E-state index in [-0.39, 0.29) is 5.92 Å². The number of aromatic nitrogens is 4. The van der Waals surface area contributed by atoms with E-state index in [1.807, 2.05) is 6.07 Å². The van der Waals surface area contributed by atoms with Gasteiger partial charge in [0.15, 0.2) is 5.82 Å². The van der Waals surface area contributed by atoms with Crippen LogP contribution < -0.4 is 0 Å². The molecule has 4 nitrogen and oxygen atoms in total. The van der Waals surface area contributed by atoms with Crippen LogP contribution in [0.3, 0.4) is 0 Å².